The van der Waals surface area contributed by atoms with Crippen molar-refractivity contribution in [3.8, 4) is 6.07 Å². The highest BCUT2D eigenvalue weighted by Crippen LogP contribution is 2.18. The topological polar surface area (TPSA) is 61.1 Å². The Hall–Kier alpha value is -1.32. The second-order valence-electron chi connectivity index (χ2n) is 4.58. The summed E-state index contributed by atoms with van der Waals surface area (Å²) in [4.78, 5) is 14.2. The molecule has 0 spiro atoms. The largest absolute Gasteiger partial charge is 0.342 e. The van der Waals surface area contributed by atoms with E-state index in [1.807, 2.05) is 16.8 Å². The SMILES string of the molecule is CCCn1cc(Br)cc1C(=O)N1CCNCC1C#N. The van der Waals surface area contributed by atoms with Crippen LogP contribution in [0.15, 0.2) is 16.7 Å². The predicted molar refractivity (Wildman–Crippen MR) is 75.7 cm³/mol. The quantitative estimate of drug-likeness (QED) is 0.918. The maximum atomic E-state index is 12.6. The summed E-state index contributed by atoms with van der Waals surface area (Å²) >= 11 is 3.41. The summed E-state index contributed by atoms with van der Waals surface area (Å²) in [6.45, 7) is 4.73. The number of carbonyl (C=O) groups is 1. The van der Waals surface area contributed by atoms with Gasteiger partial charge in [0, 0.05) is 36.8 Å². The van der Waals surface area contributed by atoms with Crippen LogP contribution in [0.5, 0.6) is 0 Å². The second-order valence-corrected chi connectivity index (χ2v) is 5.50. The van der Waals surface area contributed by atoms with Gasteiger partial charge < -0.3 is 14.8 Å². The molecule has 0 aromatic carbocycles. The van der Waals surface area contributed by atoms with Crippen LogP contribution in [0.3, 0.4) is 0 Å². The first kappa shape index (κ1) is 14.1. The van der Waals surface area contributed by atoms with Gasteiger partial charge in [-0.05, 0) is 28.4 Å². The van der Waals surface area contributed by atoms with Gasteiger partial charge in [0.2, 0.25) is 0 Å². The smallest absolute Gasteiger partial charge is 0.271 e. The molecular weight excluding hydrogens is 308 g/mol. The van der Waals surface area contributed by atoms with Crippen molar-refractivity contribution >= 4 is 21.8 Å². The van der Waals surface area contributed by atoms with Crippen LogP contribution in [0.1, 0.15) is 23.8 Å². The van der Waals surface area contributed by atoms with Crippen LogP contribution in [0, 0.1) is 11.3 Å². The van der Waals surface area contributed by atoms with E-state index in [1.165, 1.54) is 0 Å². The summed E-state index contributed by atoms with van der Waals surface area (Å²) < 4.78 is 2.84. The van der Waals surface area contributed by atoms with Crippen LogP contribution in [-0.2, 0) is 6.54 Å². The van der Waals surface area contributed by atoms with E-state index in [9.17, 15) is 4.79 Å². The highest BCUT2D eigenvalue weighted by Gasteiger charge is 2.28. The van der Waals surface area contributed by atoms with Gasteiger partial charge in [-0.25, -0.2) is 0 Å². The van der Waals surface area contributed by atoms with Gasteiger partial charge in [0.05, 0.1) is 6.07 Å². The van der Waals surface area contributed by atoms with Gasteiger partial charge in [0.15, 0.2) is 0 Å². The molecule has 102 valence electrons. The van der Waals surface area contributed by atoms with Gasteiger partial charge in [0.1, 0.15) is 11.7 Å². The fourth-order valence-electron chi connectivity index (χ4n) is 2.29. The van der Waals surface area contributed by atoms with Gasteiger partial charge in [-0.1, -0.05) is 6.92 Å². The molecule has 1 aliphatic rings. The Morgan fingerprint density at radius 1 is 1.68 bits per heavy atom. The molecule has 19 heavy (non-hydrogen) atoms. The van der Waals surface area contributed by atoms with E-state index < -0.39 is 0 Å². The van der Waals surface area contributed by atoms with Crippen molar-refractivity contribution in [1.29, 1.82) is 5.26 Å². The zero-order valence-corrected chi connectivity index (χ0v) is 12.5. The molecule has 5 nitrogen and oxygen atoms in total. The standard InChI is InChI=1S/C13H17BrN4O/c1-2-4-17-9-10(14)6-12(17)13(19)18-5-3-16-8-11(18)7-15/h6,9,11,16H,2-5,8H2,1H3. The van der Waals surface area contributed by atoms with E-state index in [1.54, 1.807) is 4.90 Å². The number of nitriles is 1. The van der Waals surface area contributed by atoms with Crippen molar-refractivity contribution in [1.82, 2.24) is 14.8 Å². The molecular formula is C13H17BrN4O. The molecule has 2 rings (SSSR count). The summed E-state index contributed by atoms with van der Waals surface area (Å²) in [5.41, 5.74) is 0.649. The molecule has 1 fully saturated rings. The minimum absolute atomic E-state index is 0.0628. The Morgan fingerprint density at radius 3 is 3.16 bits per heavy atom. The van der Waals surface area contributed by atoms with Crippen molar-refractivity contribution in [3.63, 3.8) is 0 Å². The van der Waals surface area contributed by atoms with E-state index >= 15 is 0 Å². The number of carbonyl (C=O) groups excluding carboxylic acids is 1. The first-order valence-corrected chi connectivity index (χ1v) is 7.23. The van der Waals surface area contributed by atoms with Crippen molar-refractivity contribution < 1.29 is 4.79 Å². The van der Waals surface area contributed by atoms with Crippen LogP contribution in [0.4, 0.5) is 0 Å². The Kier molecular flexibility index (Phi) is 4.61. The third-order valence-electron chi connectivity index (χ3n) is 3.20. The zero-order valence-electron chi connectivity index (χ0n) is 10.9. The van der Waals surface area contributed by atoms with Crippen molar-refractivity contribution in [2.75, 3.05) is 19.6 Å². The summed E-state index contributed by atoms with van der Waals surface area (Å²) in [6.07, 6.45) is 2.88. The minimum Gasteiger partial charge on any atom is -0.342 e. The fourth-order valence-corrected chi connectivity index (χ4v) is 2.75. The van der Waals surface area contributed by atoms with Crippen molar-refractivity contribution in [3.05, 3.63) is 22.4 Å². The fraction of sp³-hybridized carbons (Fsp3) is 0.538. The van der Waals surface area contributed by atoms with Gasteiger partial charge in [0.25, 0.3) is 5.91 Å². The predicted octanol–water partition coefficient (Wildman–Crippen LogP) is 1.60. The number of aromatic nitrogens is 1. The molecule has 0 saturated carbocycles. The Labute approximate surface area is 121 Å². The zero-order chi connectivity index (χ0) is 13.8. The van der Waals surface area contributed by atoms with Crippen LogP contribution in [0.2, 0.25) is 0 Å². The first-order valence-electron chi connectivity index (χ1n) is 6.44. The summed E-state index contributed by atoms with van der Waals surface area (Å²) in [6, 6.07) is 3.63. The van der Waals surface area contributed by atoms with Crippen molar-refractivity contribution in [2.45, 2.75) is 25.9 Å². The number of piperazine rings is 1. The number of nitrogens with zero attached hydrogens (tertiary/aromatic N) is 3. The average Bonchev–Trinajstić information content (AvgIpc) is 2.79. The molecule has 0 bridgehead atoms. The van der Waals surface area contributed by atoms with Crippen LogP contribution < -0.4 is 5.32 Å². The lowest BCUT2D eigenvalue weighted by atomic mass is 10.2. The molecule has 1 amide bonds. The van der Waals surface area contributed by atoms with Crippen LogP contribution >= 0.6 is 15.9 Å². The molecule has 1 saturated heterocycles. The number of amides is 1. The molecule has 1 aromatic rings. The number of nitrogens with one attached hydrogen (secondary N) is 1. The van der Waals surface area contributed by atoms with Gasteiger partial charge in [-0.3, -0.25) is 4.79 Å². The molecule has 1 N–H and O–H groups in total. The van der Waals surface area contributed by atoms with E-state index in [4.69, 9.17) is 5.26 Å². The molecule has 1 atom stereocenters. The lowest BCUT2D eigenvalue weighted by Gasteiger charge is -2.32. The number of halogens is 1. The monoisotopic (exact) mass is 324 g/mol. The Morgan fingerprint density at radius 2 is 2.47 bits per heavy atom. The van der Waals surface area contributed by atoms with E-state index in [0.717, 1.165) is 24.0 Å². The van der Waals surface area contributed by atoms with Crippen molar-refractivity contribution in [2.24, 2.45) is 0 Å². The van der Waals surface area contributed by atoms with Crippen LogP contribution in [-0.4, -0.2) is 41.1 Å². The molecule has 0 aliphatic carbocycles. The molecule has 0 radical (unpaired) electrons. The number of hydrogen-bond donors (Lipinski definition) is 1. The van der Waals surface area contributed by atoms with Gasteiger partial charge in [-0.2, -0.15) is 5.26 Å². The molecule has 1 aromatic heterocycles. The number of rotatable bonds is 3. The summed E-state index contributed by atoms with van der Waals surface area (Å²) in [7, 11) is 0. The maximum absolute atomic E-state index is 12.6. The molecule has 2 heterocycles. The lowest BCUT2D eigenvalue weighted by Crippen LogP contribution is -2.53. The average molecular weight is 325 g/mol. The third-order valence-corrected chi connectivity index (χ3v) is 3.63. The highest BCUT2D eigenvalue weighted by atomic mass is 79.9. The van der Waals surface area contributed by atoms with E-state index in [2.05, 4.69) is 34.2 Å². The van der Waals surface area contributed by atoms with E-state index in [0.29, 0.717) is 18.8 Å². The van der Waals surface area contributed by atoms with E-state index in [-0.39, 0.29) is 11.9 Å². The summed E-state index contributed by atoms with van der Waals surface area (Å²) in [5.74, 6) is -0.0628. The highest BCUT2D eigenvalue weighted by molar-refractivity contribution is 9.10. The Balaban J connectivity index is 2.25. The first-order chi connectivity index (χ1) is 9.17. The van der Waals surface area contributed by atoms with Gasteiger partial charge >= 0.3 is 0 Å². The molecule has 1 unspecified atom stereocenters. The number of aryl methyl sites for hydroxylation is 1. The van der Waals surface area contributed by atoms with Crippen LogP contribution in [0.25, 0.3) is 0 Å². The summed E-state index contributed by atoms with van der Waals surface area (Å²) in [5, 5.41) is 12.3. The molecule has 1 aliphatic heterocycles. The number of hydrogen-bond acceptors (Lipinski definition) is 3. The Bertz CT molecular complexity index is 505. The third kappa shape index (κ3) is 2.99. The second kappa shape index (κ2) is 6.22. The molecule has 6 heteroatoms. The normalized spacial score (nSPS) is 19.2. The van der Waals surface area contributed by atoms with Gasteiger partial charge in [-0.15, -0.1) is 0 Å². The maximum Gasteiger partial charge on any atom is 0.271 e. The lowest BCUT2D eigenvalue weighted by molar-refractivity contribution is 0.0676. The minimum atomic E-state index is -0.384.